The first-order chi connectivity index (χ1) is 10.00. The predicted molar refractivity (Wildman–Crippen MR) is 87.3 cm³/mol. The molecule has 2 aromatic rings. The van der Waals surface area contributed by atoms with E-state index in [1.165, 1.54) is 24.3 Å². The van der Waals surface area contributed by atoms with Crippen molar-refractivity contribution in [2.24, 2.45) is 0 Å². The van der Waals surface area contributed by atoms with Gasteiger partial charge in [0.1, 0.15) is 9.79 Å². The van der Waals surface area contributed by atoms with Gasteiger partial charge in [-0.3, -0.25) is 9.11 Å². The van der Waals surface area contributed by atoms with Gasteiger partial charge < -0.3 is 0 Å². The molecule has 23 heavy (non-hydrogen) atoms. The Morgan fingerprint density at radius 3 is 1.26 bits per heavy atom. The fourth-order valence-electron chi connectivity index (χ4n) is 1.86. The first kappa shape index (κ1) is 20.9. The number of rotatable bonds is 3. The molecule has 0 saturated heterocycles. The summed E-state index contributed by atoms with van der Waals surface area (Å²) in [6.07, 6.45) is 0. The van der Waals surface area contributed by atoms with E-state index in [2.05, 4.69) is 0 Å². The maximum absolute atomic E-state index is 11.5. The van der Waals surface area contributed by atoms with Crippen molar-refractivity contribution in [3.8, 4) is 11.1 Å². The van der Waals surface area contributed by atoms with Gasteiger partial charge >= 0.3 is 0 Å². The molecule has 0 saturated carbocycles. The molecule has 11 heteroatoms. The van der Waals surface area contributed by atoms with Gasteiger partial charge in [-0.05, 0) is 24.3 Å². The zero-order chi connectivity index (χ0) is 16.7. The number of halogens is 2. The molecule has 2 N–H and O–H groups in total. The molecule has 119 valence electrons. The standard InChI is InChI=1S/C12H8Cl2O6S2.Na/c13-7-1-3-9(11(5-7)21(15,16)17)10-4-2-8(14)6-12(10)22(18,19)20;/h1-6H,(H,15,16,17)(H,18,19,20);. The molecule has 0 atom stereocenters. The molecule has 0 bridgehead atoms. The molecule has 0 aromatic heterocycles. The van der Waals surface area contributed by atoms with Crippen LogP contribution in [0.25, 0.3) is 11.1 Å². The van der Waals surface area contributed by atoms with Crippen LogP contribution in [0.3, 0.4) is 0 Å². The van der Waals surface area contributed by atoms with Crippen LogP contribution in [0.1, 0.15) is 0 Å². The quantitative estimate of drug-likeness (QED) is 0.600. The molecule has 2 rings (SSSR count). The smallest absolute Gasteiger partial charge is 0.282 e. The second-order valence-corrected chi connectivity index (χ2v) is 7.88. The molecule has 0 heterocycles. The average Bonchev–Trinajstić information content (AvgIpc) is 2.37. The van der Waals surface area contributed by atoms with Crippen molar-refractivity contribution in [1.82, 2.24) is 0 Å². The predicted octanol–water partition coefficient (Wildman–Crippen LogP) is 2.77. The SMILES string of the molecule is O=S(=O)(O)c1cc(Cl)ccc1-c1ccc(Cl)cc1S(=O)(=O)O.[Na]. The molecule has 2 aromatic carbocycles. The zero-order valence-electron chi connectivity index (χ0n) is 11.6. The third-order valence-electron chi connectivity index (χ3n) is 2.73. The van der Waals surface area contributed by atoms with Gasteiger partial charge in [-0.1, -0.05) is 35.3 Å². The van der Waals surface area contributed by atoms with Crippen molar-refractivity contribution in [2.45, 2.75) is 9.79 Å². The molecule has 0 fully saturated rings. The van der Waals surface area contributed by atoms with Crippen LogP contribution in [0.2, 0.25) is 10.0 Å². The van der Waals surface area contributed by atoms with E-state index in [0.717, 1.165) is 12.1 Å². The number of hydrogen-bond donors (Lipinski definition) is 2. The minimum Gasteiger partial charge on any atom is -0.282 e. The Morgan fingerprint density at radius 2 is 1.00 bits per heavy atom. The van der Waals surface area contributed by atoms with Crippen LogP contribution >= 0.6 is 23.2 Å². The molecular formula is C12H8Cl2NaO6S2. The maximum atomic E-state index is 11.5. The van der Waals surface area contributed by atoms with E-state index in [9.17, 15) is 25.9 Å². The molecule has 0 spiro atoms. The number of hydrogen-bond acceptors (Lipinski definition) is 4. The van der Waals surface area contributed by atoms with E-state index >= 15 is 0 Å². The summed E-state index contributed by atoms with van der Waals surface area (Å²) in [7, 11) is -9.34. The van der Waals surface area contributed by atoms with Gasteiger partial charge in [0.05, 0.1) is 0 Å². The van der Waals surface area contributed by atoms with Crippen LogP contribution < -0.4 is 0 Å². The number of benzene rings is 2. The van der Waals surface area contributed by atoms with Crippen molar-refractivity contribution >= 4 is 73.0 Å². The van der Waals surface area contributed by atoms with Crippen LogP contribution in [0.5, 0.6) is 0 Å². The Bertz CT molecular complexity index is 878. The molecule has 0 aliphatic carbocycles. The van der Waals surface area contributed by atoms with E-state index < -0.39 is 30.0 Å². The second-order valence-electron chi connectivity index (χ2n) is 4.23. The molecule has 0 aliphatic heterocycles. The van der Waals surface area contributed by atoms with Crippen LogP contribution in [0.4, 0.5) is 0 Å². The van der Waals surface area contributed by atoms with Crippen LogP contribution in [-0.4, -0.2) is 55.5 Å². The third-order valence-corrected chi connectivity index (χ3v) is 4.99. The summed E-state index contributed by atoms with van der Waals surface area (Å²) in [5.74, 6) is 0. The van der Waals surface area contributed by atoms with Gasteiger partial charge in [-0.25, -0.2) is 0 Å². The molecule has 0 amide bonds. The first-order valence-electron chi connectivity index (χ1n) is 5.54. The Balaban J connectivity index is 0.00000264. The Morgan fingerprint density at radius 1 is 0.696 bits per heavy atom. The van der Waals surface area contributed by atoms with Gasteiger partial charge in [0, 0.05) is 50.7 Å². The molecule has 1 radical (unpaired) electrons. The van der Waals surface area contributed by atoms with Crippen molar-refractivity contribution < 1.29 is 25.9 Å². The monoisotopic (exact) mass is 405 g/mol. The van der Waals surface area contributed by atoms with E-state index in [4.69, 9.17) is 23.2 Å². The largest absolute Gasteiger partial charge is 0.295 e. The Labute approximate surface area is 165 Å². The summed E-state index contributed by atoms with van der Waals surface area (Å²) in [5.41, 5.74) is -0.285. The summed E-state index contributed by atoms with van der Waals surface area (Å²) >= 11 is 11.4. The Hall–Kier alpha value is -0.160. The van der Waals surface area contributed by atoms with Gasteiger partial charge in [-0.2, -0.15) is 16.8 Å². The van der Waals surface area contributed by atoms with E-state index in [1.807, 2.05) is 0 Å². The van der Waals surface area contributed by atoms with Crippen molar-refractivity contribution in [3.05, 3.63) is 46.4 Å². The third kappa shape index (κ3) is 4.91. The molecule has 0 aliphatic rings. The fraction of sp³-hybridized carbons (Fsp3) is 0. The first-order valence-corrected chi connectivity index (χ1v) is 9.18. The topological polar surface area (TPSA) is 109 Å². The van der Waals surface area contributed by atoms with Crippen molar-refractivity contribution in [1.29, 1.82) is 0 Å². The minimum atomic E-state index is -4.67. The molecular weight excluding hydrogens is 398 g/mol. The second kappa shape index (κ2) is 7.38. The summed E-state index contributed by atoms with van der Waals surface area (Å²) in [4.78, 5) is -1.18. The van der Waals surface area contributed by atoms with Gasteiger partial charge in [0.2, 0.25) is 0 Å². The van der Waals surface area contributed by atoms with Crippen LogP contribution in [0.15, 0.2) is 46.2 Å². The average molecular weight is 406 g/mol. The minimum absolute atomic E-state index is 0. The molecule has 0 unspecified atom stereocenters. The van der Waals surface area contributed by atoms with Crippen LogP contribution in [0, 0.1) is 0 Å². The molecule has 6 nitrogen and oxygen atoms in total. The van der Waals surface area contributed by atoms with Gasteiger partial charge in [0.15, 0.2) is 0 Å². The van der Waals surface area contributed by atoms with Crippen molar-refractivity contribution in [3.63, 3.8) is 0 Å². The van der Waals surface area contributed by atoms with E-state index in [-0.39, 0.29) is 50.7 Å². The van der Waals surface area contributed by atoms with Crippen LogP contribution in [-0.2, 0) is 20.2 Å². The summed E-state index contributed by atoms with van der Waals surface area (Å²) in [6.45, 7) is 0. The zero-order valence-corrected chi connectivity index (χ0v) is 16.7. The van der Waals surface area contributed by atoms with Gasteiger partial charge in [-0.15, -0.1) is 0 Å². The Kier molecular flexibility index (Phi) is 6.70. The summed E-state index contributed by atoms with van der Waals surface area (Å²) in [5, 5.41) is 0.0532. The summed E-state index contributed by atoms with van der Waals surface area (Å²) < 4.78 is 64.4. The maximum Gasteiger partial charge on any atom is 0.295 e. The fourth-order valence-corrected chi connectivity index (χ4v) is 3.80. The summed E-state index contributed by atoms with van der Waals surface area (Å²) in [6, 6.07) is 6.98. The van der Waals surface area contributed by atoms with Gasteiger partial charge in [0.25, 0.3) is 20.2 Å². The van der Waals surface area contributed by atoms with Crippen molar-refractivity contribution in [2.75, 3.05) is 0 Å². The van der Waals surface area contributed by atoms with E-state index in [0.29, 0.717) is 0 Å². The normalized spacial score (nSPS) is 11.8. The van der Waals surface area contributed by atoms with E-state index in [1.54, 1.807) is 0 Å².